The fraction of sp³-hybridized carbons (Fsp3) is 0.176. The minimum Gasteiger partial charge on any atom is -0.482 e. The second-order valence-electron chi connectivity index (χ2n) is 5.09. The minimum absolute atomic E-state index is 0.135. The third-order valence-corrected chi connectivity index (χ3v) is 3.27. The van der Waals surface area contributed by atoms with Crippen molar-refractivity contribution in [1.82, 2.24) is 9.55 Å². The van der Waals surface area contributed by atoms with Crippen LogP contribution in [-0.2, 0) is 11.8 Å². The van der Waals surface area contributed by atoms with Crippen molar-refractivity contribution in [3.63, 3.8) is 0 Å². The lowest BCUT2D eigenvalue weighted by Crippen LogP contribution is -2.17. The average Bonchev–Trinajstić information content (AvgIpc) is 2.86. The second-order valence-corrected chi connectivity index (χ2v) is 5.09. The molecule has 0 aliphatic rings. The number of hydrogen-bond donors (Lipinski definition) is 0. The van der Waals surface area contributed by atoms with E-state index in [9.17, 15) is 4.79 Å². The van der Waals surface area contributed by atoms with E-state index in [1.807, 2.05) is 42.8 Å². The van der Waals surface area contributed by atoms with Gasteiger partial charge < -0.3 is 14.0 Å². The summed E-state index contributed by atoms with van der Waals surface area (Å²) in [6, 6.07) is 12.9. The fourth-order valence-corrected chi connectivity index (χ4v) is 2.19. The first-order valence-corrected chi connectivity index (χ1v) is 6.93. The molecule has 1 aromatic heterocycles. The monoisotopic (exact) mass is 296 g/mol. The molecule has 0 N–H and O–H groups in total. The molecule has 0 aliphatic heterocycles. The molecule has 0 spiro atoms. The van der Waals surface area contributed by atoms with Crippen LogP contribution in [0.4, 0.5) is 0 Å². The van der Waals surface area contributed by atoms with Crippen LogP contribution >= 0.6 is 0 Å². The summed E-state index contributed by atoms with van der Waals surface area (Å²) in [5.74, 6) is 0.665. The van der Waals surface area contributed by atoms with E-state index in [4.69, 9.17) is 9.47 Å². The third kappa shape index (κ3) is 3.09. The molecule has 2 aromatic carbocycles. The number of esters is 1. The maximum atomic E-state index is 11.8. The molecule has 22 heavy (non-hydrogen) atoms. The van der Waals surface area contributed by atoms with Gasteiger partial charge in [0.15, 0.2) is 6.61 Å². The van der Waals surface area contributed by atoms with E-state index in [-0.39, 0.29) is 6.61 Å². The van der Waals surface area contributed by atoms with Crippen molar-refractivity contribution < 1.29 is 14.3 Å². The van der Waals surface area contributed by atoms with E-state index in [1.54, 1.807) is 24.5 Å². The maximum absolute atomic E-state index is 11.8. The summed E-state index contributed by atoms with van der Waals surface area (Å²) >= 11 is 0. The third-order valence-electron chi connectivity index (χ3n) is 3.27. The molecule has 0 bridgehead atoms. The van der Waals surface area contributed by atoms with Crippen LogP contribution < -0.4 is 9.47 Å². The summed E-state index contributed by atoms with van der Waals surface area (Å²) in [5, 5.41) is 0. The van der Waals surface area contributed by atoms with Crippen molar-refractivity contribution in [2.75, 3.05) is 6.61 Å². The fourth-order valence-electron chi connectivity index (χ4n) is 2.19. The highest BCUT2D eigenvalue weighted by Crippen LogP contribution is 2.19. The van der Waals surface area contributed by atoms with Gasteiger partial charge in [0.1, 0.15) is 11.5 Å². The molecule has 0 unspecified atom stereocenters. The van der Waals surface area contributed by atoms with Crippen molar-refractivity contribution >= 4 is 17.0 Å². The van der Waals surface area contributed by atoms with Crippen LogP contribution in [0.1, 0.15) is 5.56 Å². The first kappa shape index (κ1) is 14.1. The van der Waals surface area contributed by atoms with Crippen molar-refractivity contribution in [3.05, 3.63) is 54.4 Å². The summed E-state index contributed by atoms with van der Waals surface area (Å²) < 4.78 is 12.6. The smallest absolute Gasteiger partial charge is 0.349 e. The summed E-state index contributed by atoms with van der Waals surface area (Å²) in [4.78, 5) is 16.1. The number of rotatable bonds is 4. The molecular weight excluding hydrogens is 280 g/mol. The van der Waals surface area contributed by atoms with Crippen molar-refractivity contribution in [3.8, 4) is 11.5 Å². The van der Waals surface area contributed by atoms with Crippen LogP contribution in [0.3, 0.4) is 0 Å². The van der Waals surface area contributed by atoms with E-state index in [0.717, 1.165) is 16.6 Å². The normalized spacial score (nSPS) is 10.6. The highest BCUT2D eigenvalue weighted by molar-refractivity contribution is 5.79. The molecule has 3 rings (SSSR count). The standard InChI is InChI=1S/C17H16N2O3/c1-12-4-3-5-13(8-12)21-10-17(20)22-14-6-7-16-15(9-14)18-11-19(16)2/h3-9,11H,10H2,1-2H3. The largest absolute Gasteiger partial charge is 0.482 e. The van der Waals surface area contributed by atoms with Crippen LogP contribution in [0, 0.1) is 6.92 Å². The summed E-state index contributed by atoms with van der Waals surface area (Å²) in [5.41, 5.74) is 2.84. The lowest BCUT2D eigenvalue weighted by Gasteiger charge is -2.07. The van der Waals surface area contributed by atoms with Gasteiger partial charge in [-0.1, -0.05) is 12.1 Å². The molecule has 0 atom stereocenters. The molecule has 0 radical (unpaired) electrons. The van der Waals surface area contributed by atoms with Crippen molar-refractivity contribution in [1.29, 1.82) is 0 Å². The zero-order valence-corrected chi connectivity index (χ0v) is 12.4. The Bertz CT molecular complexity index is 824. The number of carbonyl (C=O) groups excluding carboxylic acids is 1. The van der Waals surface area contributed by atoms with Crippen molar-refractivity contribution in [2.24, 2.45) is 7.05 Å². The van der Waals surface area contributed by atoms with Gasteiger partial charge in [-0.25, -0.2) is 9.78 Å². The minimum atomic E-state index is -0.447. The van der Waals surface area contributed by atoms with Crippen molar-refractivity contribution in [2.45, 2.75) is 6.92 Å². The highest BCUT2D eigenvalue weighted by atomic mass is 16.6. The quantitative estimate of drug-likeness (QED) is 0.549. The van der Waals surface area contributed by atoms with Gasteiger partial charge in [-0.05, 0) is 36.8 Å². The number of fused-ring (bicyclic) bond motifs is 1. The van der Waals surface area contributed by atoms with E-state index >= 15 is 0 Å². The molecule has 3 aromatic rings. The molecule has 112 valence electrons. The van der Waals surface area contributed by atoms with Gasteiger partial charge in [-0.2, -0.15) is 0 Å². The average molecular weight is 296 g/mol. The predicted molar refractivity (Wildman–Crippen MR) is 83.0 cm³/mol. The highest BCUT2D eigenvalue weighted by Gasteiger charge is 2.08. The van der Waals surface area contributed by atoms with Crippen LogP contribution in [0.5, 0.6) is 11.5 Å². The lowest BCUT2D eigenvalue weighted by molar-refractivity contribution is -0.136. The summed E-state index contributed by atoms with van der Waals surface area (Å²) in [6.07, 6.45) is 1.72. The molecule has 5 nitrogen and oxygen atoms in total. The van der Waals surface area contributed by atoms with E-state index in [1.165, 1.54) is 0 Å². The maximum Gasteiger partial charge on any atom is 0.349 e. The van der Waals surface area contributed by atoms with Gasteiger partial charge in [-0.15, -0.1) is 0 Å². The number of aryl methyl sites for hydroxylation is 2. The molecular formula is C17H16N2O3. The van der Waals surface area contributed by atoms with E-state index in [0.29, 0.717) is 11.5 Å². The Morgan fingerprint density at radius 1 is 1.18 bits per heavy atom. The van der Waals surface area contributed by atoms with Gasteiger partial charge in [0.05, 0.1) is 17.4 Å². The molecule has 0 aliphatic carbocycles. The number of imidazole rings is 1. The number of nitrogens with zero attached hydrogens (tertiary/aromatic N) is 2. The summed E-state index contributed by atoms with van der Waals surface area (Å²) in [7, 11) is 1.91. The van der Waals surface area contributed by atoms with E-state index in [2.05, 4.69) is 4.98 Å². The van der Waals surface area contributed by atoms with Crippen LogP contribution in [0.15, 0.2) is 48.8 Å². The van der Waals surface area contributed by atoms with Gasteiger partial charge in [-0.3, -0.25) is 0 Å². The molecule has 0 fully saturated rings. The molecule has 5 heteroatoms. The van der Waals surface area contributed by atoms with Crippen LogP contribution in [0.25, 0.3) is 11.0 Å². The van der Waals surface area contributed by atoms with Gasteiger partial charge in [0, 0.05) is 13.1 Å². The molecule has 0 saturated carbocycles. The Kier molecular flexibility index (Phi) is 3.78. The Balaban J connectivity index is 1.63. The Labute approximate surface area is 128 Å². The Hall–Kier alpha value is -2.82. The van der Waals surface area contributed by atoms with Gasteiger partial charge in [0.2, 0.25) is 0 Å². The number of benzene rings is 2. The van der Waals surface area contributed by atoms with Gasteiger partial charge >= 0.3 is 5.97 Å². The van der Waals surface area contributed by atoms with Crippen LogP contribution in [0.2, 0.25) is 0 Å². The number of carbonyl (C=O) groups is 1. The molecule has 1 heterocycles. The number of hydrogen-bond acceptors (Lipinski definition) is 4. The first-order valence-electron chi connectivity index (χ1n) is 6.93. The SMILES string of the molecule is Cc1cccc(OCC(=O)Oc2ccc3c(c2)ncn3C)c1. The lowest BCUT2D eigenvalue weighted by atomic mass is 10.2. The Morgan fingerprint density at radius 2 is 2.05 bits per heavy atom. The number of ether oxygens (including phenoxy) is 2. The first-order chi connectivity index (χ1) is 10.6. The zero-order valence-electron chi connectivity index (χ0n) is 12.4. The summed E-state index contributed by atoms with van der Waals surface area (Å²) in [6.45, 7) is 1.83. The number of aromatic nitrogens is 2. The second kappa shape index (κ2) is 5.89. The van der Waals surface area contributed by atoms with Gasteiger partial charge in [0.25, 0.3) is 0 Å². The predicted octanol–water partition coefficient (Wildman–Crippen LogP) is 2.87. The zero-order chi connectivity index (χ0) is 15.5. The van der Waals surface area contributed by atoms with Crippen LogP contribution in [-0.4, -0.2) is 22.1 Å². The molecule has 0 amide bonds. The molecule has 0 saturated heterocycles. The Morgan fingerprint density at radius 3 is 2.86 bits per heavy atom. The topological polar surface area (TPSA) is 53.4 Å². The van der Waals surface area contributed by atoms with E-state index < -0.39 is 5.97 Å².